The lowest BCUT2D eigenvalue weighted by molar-refractivity contribution is -0.117. The van der Waals surface area contributed by atoms with Gasteiger partial charge in [-0.1, -0.05) is 30.3 Å². The maximum atomic E-state index is 15.4. The minimum Gasteiger partial charge on any atom is -0.497 e. The highest BCUT2D eigenvalue weighted by molar-refractivity contribution is 6.23. The van der Waals surface area contributed by atoms with E-state index in [1.807, 2.05) is 48.5 Å². The summed E-state index contributed by atoms with van der Waals surface area (Å²) in [4.78, 5) is 33.6. The van der Waals surface area contributed by atoms with Crippen LogP contribution >= 0.6 is 0 Å². The predicted molar refractivity (Wildman–Crippen MR) is 144 cm³/mol. The highest BCUT2D eigenvalue weighted by Gasteiger charge is 2.30. The van der Waals surface area contributed by atoms with Gasteiger partial charge >= 0.3 is 6.09 Å². The fourth-order valence-electron chi connectivity index (χ4n) is 4.51. The molecule has 2 amide bonds. The second kappa shape index (κ2) is 10.6. The number of para-hydroxylation sites is 1. The van der Waals surface area contributed by atoms with Crippen LogP contribution in [0.5, 0.6) is 5.75 Å². The fourth-order valence-corrected chi connectivity index (χ4v) is 4.51. The predicted octanol–water partition coefficient (Wildman–Crippen LogP) is 4.38. The molecule has 0 saturated heterocycles. The molecular weight excluding hydrogens is 489 g/mol. The molecule has 0 spiro atoms. The molecule has 194 valence electrons. The van der Waals surface area contributed by atoms with Crippen molar-refractivity contribution in [3.8, 4) is 5.75 Å². The number of carboxylic acid groups (broad SMARTS) is 1. The number of halogens is 1. The van der Waals surface area contributed by atoms with E-state index in [2.05, 4.69) is 20.6 Å². The van der Waals surface area contributed by atoms with Gasteiger partial charge in [-0.15, -0.1) is 0 Å². The van der Waals surface area contributed by atoms with Gasteiger partial charge in [-0.2, -0.15) is 0 Å². The van der Waals surface area contributed by atoms with Crippen molar-refractivity contribution in [2.75, 3.05) is 37.0 Å². The maximum absolute atomic E-state index is 15.4. The zero-order valence-corrected chi connectivity index (χ0v) is 20.6. The van der Waals surface area contributed by atoms with Crippen LogP contribution in [0.25, 0.3) is 10.9 Å². The molecule has 1 aromatic heterocycles. The van der Waals surface area contributed by atoms with Gasteiger partial charge in [0.1, 0.15) is 18.1 Å². The molecule has 5 rings (SSSR count). The summed E-state index contributed by atoms with van der Waals surface area (Å²) in [6.45, 7) is 0.655. The Bertz CT molecular complexity index is 1530. The Morgan fingerprint density at radius 2 is 1.92 bits per heavy atom. The number of aliphatic imine (C=N–C) groups is 1. The number of aromatic amines is 1. The minimum absolute atomic E-state index is 0.136. The van der Waals surface area contributed by atoms with Gasteiger partial charge < -0.3 is 30.4 Å². The van der Waals surface area contributed by atoms with E-state index in [0.29, 0.717) is 35.9 Å². The van der Waals surface area contributed by atoms with E-state index in [4.69, 9.17) is 9.84 Å². The van der Waals surface area contributed by atoms with Gasteiger partial charge in [-0.05, 0) is 42.0 Å². The maximum Gasteiger partial charge on any atom is 0.404 e. The molecule has 10 heteroatoms. The molecule has 9 nitrogen and oxygen atoms in total. The summed E-state index contributed by atoms with van der Waals surface area (Å²) in [6, 6.07) is 19.8. The Hall–Kier alpha value is -4.86. The number of carbonyl (C=O) groups is 2. The molecule has 0 unspecified atom stereocenters. The van der Waals surface area contributed by atoms with Crippen LogP contribution in [0, 0.1) is 5.82 Å². The summed E-state index contributed by atoms with van der Waals surface area (Å²) in [5, 5.41) is 14.8. The van der Waals surface area contributed by atoms with Gasteiger partial charge in [0.2, 0.25) is 5.91 Å². The number of hydrogen-bond donors (Lipinski definition) is 4. The third-order valence-corrected chi connectivity index (χ3v) is 6.31. The van der Waals surface area contributed by atoms with Crippen molar-refractivity contribution in [3.63, 3.8) is 0 Å². The van der Waals surface area contributed by atoms with Crippen LogP contribution in [0.4, 0.5) is 20.6 Å². The zero-order valence-electron chi connectivity index (χ0n) is 20.6. The van der Waals surface area contributed by atoms with Crippen molar-refractivity contribution in [2.45, 2.75) is 6.54 Å². The average Bonchev–Trinajstić information content (AvgIpc) is 3.24. The highest BCUT2D eigenvalue weighted by Crippen LogP contribution is 2.36. The number of ether oxygens (including phenoxy) is 1. The number of benzene rings is 3. The van der Waals surface area contributed by atoms with Gasteiger partial charge in [0, 0.05) is 35.2 Å². The second-order valence-electron chi connectivity index (χ2n) is 8.74. The summed E-state index contributed by atoms with van der Waals surface area (Å²) in [5.41, 5.74) is 4.06. The quantitative estimate of drug-likeness (QED) is 0.260. The van der Waals surface area contributed by atoms with Gasteiger partial charge in [-0.3, -0.25) is 9.79 Å². The summed E-state index contributed by atoms with van der Waals surface area (Å²) >= 11 is 0. The topological polar surface area (TPSA) is 119 Å². The van der Waals surface area contributed by atoms with E-state index in [0.717, 1.165) is 22.2 Å². The van der Waals surface area contributed by atoms with Crippen LogP contribution in [0.3, 0.4) is 0 Å². The molecule has 0 atom stereocenters. The lowest BCUT2D eigenvalue weighted by Crippen LogP contribution is -2.31. The Balaban J connectivity index is 1.51. The van der Waals surface area contributed by atoms with Crippen LogP contribution in [0.2, 0.25) is 0 Å². The number of nitrogens with zero attached hydrogens (tertiary/aromatic N) is 2. The molecule has 0 aliphatic carbocycles. The van der Waals surface area contributed by atoms with Crippen molar-refractivity contribution >= 4 is 40.0 Å². The molecule has 38 heavy (non-hydrogen) atoms. The number of amides is 2. The van der Waals surface area contributed by atoms with Crippen LogP contribution < -0.4 is 20.3 Å². The second-order valence-corrected chi connectivity index (χ2v) is 8.74. The van der Waals surface area contributed by atoms with Crippen LogP contribution in [0.15, 0.2) is 71.7 Å². The summed E-state index contributed by atoms with van der Waals surface area (Å²) in [7, 11) is 1.60. The Morgan fingerprint density at radius 3 is 2.66 bits per heavy atom. The van der Waals surface area contributed by atoms with E-state index in [9.17, 15) is 9.59 Å². The molecule has 0 bridgehead atoms. The van der Waals surface area contributed by atoms with Crippen molar-refractivity contribution < 1.29 is 23.8 Å². The number of carbonyl (C=O) groups excluding carboxylic acids is 1. The SMILES string of the molecule is COc1ccc(CN2C(=O)CN=C(c3ccc(NCCNC(=O)O)cc3F)c3[nH]c4ccccc4c32)cc1. The average molecular weight is 516 g/mol. The molecule has 4 N–H and O–H groups in total. The first-order chi connectivity index (χ1) is 18.4. The lowest BCUT2D eigenvalue weighted by Gasteiger charge is -2.22. The van der Waals surface area contributed by atoms with E-state index < -0.39 is 11.9 Å². The highest BCUT2D eigenvalue weighted by atomic mass is 19.1. The number of nitrogens with one attached hydrogen (secondary N) is 3. The smallest absolute Gasteiger partial charge is 0.404 e. The summed E-state index contributed by atoms with van der Waals surface area (Å²) in [5.74, 6) is 0.00737. The Labute approximate surface area is 218 Å². The van der Waals surface area contributed by atoms with Gasteiger partial charge in [-0.25, -0.2) is 9.18 Å². The van der Waals surface area contributed by atoms with E-state index >= 15 is 4.39 Å². The first kappa shape index (κ1) is 24.8. The lowest BCUT2D eigenvalue weighted by atomic mass is 10.0. The normalized spacial score (nSPS) is 13.1. The fraction of sp³-hybridized carbons (Fsp3) is 0.179. The van der Waals surface area contributed by atoms with Crippen molar-refractivity contribution in [2.24, 2.45) is 4.99 Å². The van der Waals surface area contributed by atoms with Crippen LogP contribution in [-0.2, 0) is 11.3 Å². The molecule has 0 fully saturated rings. The summed E-state index contributed by atoms with van der Waals surface area (Å²) in [6.07, 6.45) is -1.12. The Morgan fingerprint density at radius 1 is 1.13 bits per heavy atom. The largest absolute Gasteiger partial charge is 0.497 e. The first-order valence-electron chi connectivity index (χ1n) is 12.0. The molecule has 1 aliphatic rings. The molecule has 1 aliphatic heterocycles. The van der Waals surface area contributed by atoms with E-state index in [1.54, 1.807) is 24.1 Å². The number of aromatic nitrogens is 1. The standard InChI is InChI=1S/C28H26FN5O4/c1-38-19-9-6-17(7-10-19)16-34-24(35)15-32-25(26-27(34)21-4-2-3-5-23(21)33-26)20-11-8-18(14-22(20)29)30-12-13-31-28(36)37/h2-11,14,30-31,33H,12-13,15-16H2,1H3,(H,36,37). The number of methoxy groups -OCH3 is 1. The molecule has 0 radical (unpaired) electrons. The third-order valence-electron chi connectivity index (χ3n) is 6.31. The van der Waals surface area contributed by atoms with Gasteiger partial charge in [0.15, 0.2) is 0 Å². The molecular formula is C28H26FN5O4. The molecule has 3 aromatic carbocycles. The van der Waals surface area contributed by atoms with E-state index in [1.165, 1.54) is 6.07 Å². The monoisotopic (exact) mass is 515 g/mol. The molecule has 2 heterocycles. The van der Waals surface area contributed by atoms with E-state index in [-0.39, 0.29) is 24.6 Å². The molecule has 4 aromatic rings. The number of rotatable bonds is 8. The Kier molecular flexibility index (Phi) is 6.94. The third kappa shape index (κ3) is 5.01. The number of anilines is 2. The first-order valence-corrected chi connectivity index (χ1v) is 12.0. The number of H-pyrrole nitrogens is 1. The van der Waals surface area contributed by atoms with Crippen molar-refractivity contribution in [1.82, 2.24) is 10.3 Å². The van der Waals surface area contributed by atoms with Gasteiger partial charge in [0.05, 0.1) is 30.7 Å². The van der Waals surface area contributed by atoms with Crippen molar-refractivity contribution in [3.05, 3.63) is 89.4 Å². The molecule has 0 saturated carbocycles. The zero-order chi connectivity index (χ0) is 26.6. The van der Waals surface area contributed by atoms with Gasteiger partial charge in [0.25, 0.3) is 0 Å². The van der Waals surface area contributed by atoms with Crippen LogP contribution in [0.1, 0.15) is 16.8 Å². The van der Waals surface area contributed by atoms with Crippen molar-refractivity contribution in [1.29, 1.82) is 0 Å². The number of fused-ring (bicyclic) bond motifs is 3. The minimum atomic E-state index is -1.12. The van der Waals surface area contributed by atoms with Crippen LogP contribution in [-0.4, -0.2) is 54.5 Å². The summed E-state index contributed by atoms with van der Waals surface area (Å²) < 4.78 is 20.7. The number of hydrogen-bond acceptors (Lipinski definition) is 5.